The first-order chi connectivity index (χ1) is 10.7. The van der Waals surface area contributed by atoms with Crippen LogP contribution in [-0.4, -0.2) is 27.1 Å². The summed E-state index contributed by atoms with van der Waals surface area (Å²) >= 11 is 3.42. The fourth-order valence-corrected chi connectivity index (χ4v) is 2.53. The molecular weight excluding hydrogens is 346 g/mol. The first-order valence-corrected chi connectivity index (χ1v) is 7.71. The molecule has 22 heavy (non-hydrogen) atoms. The van der Waals surface area contributed by atoms with Crippen molar-refractivity contribution in [2.24, 2.45) is 0 Å². The topological polar surface area (TPSA) is 57.0 Å². The van der Waals surface area contributed by atoms with Crippen LogP contribution < -0.4 is 0 Å². The maximum Gasteiger partial charge on any atom is 0.326 e. The summed E-state index contributed by atoms with van der Waals surface area (Å²) in [4.78, 5) is 20.8. The molecule has 0 aliphatic carbocycles. The molecule has 0 unspecified atom stereocenters. The molecule has 5 nitrogen and oxygen atoms in total. The van der Waals surface area contributed by atoms with Crippen molar-refractivity contribution in [3.05, 3.63) is 47.1 Å². The molecule has 0 radical (unpaired) electrons. The third kappa shape index (κ3) is 2.87. The van der Waals surface area contributed by atoms with E-state index in [-0.39, 0.29) is 12.5 Å². The number of nitrogens with zero attached hydrogens (tertiary/aromatic N) is 3. The molecule has 3 rings (SSSR count). The SMILES string of the molecule is CCOC(=O)Cn1c(-c2ccc(Br)cc2)nc2cccnc21. The number of aromatic nitrogens is 3. The number of carbonyl (C=O) groups is 1. The van der Waals surface area contributed by atoms with Gasteiger partial charge in [-0.15, -0.1) is 0 Å². The van der Waals surface area contributed by atoms with Crippen LogP contribution in [0.15, 0.2) is 47.1 Å². The van der Waals surface area contributed by atoms with E-state index in [1.165, 1.54) is 0 Å². The number of pyridine rings is 1. The van der Waals surface area contributed by atoms with E-state index >= 15 is 0 Å². The second kappa shape index (κ2) is 6.27. The molecule has 0 aliphatic rings. The predicted octanol–water partition coefficient (Wildman–Crippen LogP) is 3.42. The quantitative estimate of drug-likeness (QED) is 0.669. The van der Waals surface area contributed by atoms with E-state index in [1.807, 2.05) is 36.4 Å². The molecule has 0 amide bonds. The number of halogens is 1. The smallest absolute Gasteiger partial charge is 0.326 e. The Labute approximate surface area is 136 Å². The molecule has 112 valence electrons. The molecule has 0 N–H and O–H groups in total. The van der Waals surface area contributed by atoms with Gasteiger partial charge in [-0.25, -0.2) is 9.97 Å². The highest BCUT2D eigenvalue weighted by molar-refractivity contribution is 9.10. The molecule has 0 fully saturated rings. The second-order valence-electron chi connectivity index (χ2n) is 4.68. The minimum atomic E-state index is -0.300. The number of benzene rings is 1. The molecule has 2 aromatic heterocycles. The van der Waals surface area contributed by atoms with Gasteiger partial charge in [0, 0.05) is 16.2 Å². The number of carbonyl (C=O) groups excluding carboxylic acids is 1. The molecule has 6 heteroatoms. The first kappa shape index (κ1) is 14.7. The zero-order valence-corrected chi connectivity index (χ0v) is 13.6. The largest absolute Gasteiger partial charge is 0.465 e. The molecule has 0 spiro atoms. The molecule has 0 bridgehead atoms. The summed E-state index contributed by atoms with van der Waals surface area (Å²) in [5, 5.41) is 0. The van der Waals surface area contributed by atoms with Gasteiger partial charge in [0.05, 0.1) is 6.61 Å². The molecular formula is C16H14BrN3O2. The van der Waals surface area contributed by atoms with Crippen LogP contribution in [0.25, 0.3) is 22.6 Å². The van der Waals surface area contributed by atoms with E-state index in [0.29, 0.717) is 18.1 Å². The van der Waals surface area contributed by atoms with Crippen LogP contribution in [-0.2, 0) is 16.1 Å². The molecule has 0 atom stereocenters. The Hall–Kier alpha value is -2.21. The van der Waals surface area contributed by atoms with E-state index < -0.39 is 0 Å². The fourth-order valence-electron chi connectivity index (χ4n) is 2.26. The summed E-state index contributed by atoms with van der Waals surface area (Å²) in [7, 11) is 0. The predicted molar refractivity (Wildman–Crippen MR) is 87.3 cm³/mol. The van der Waals surface area contributed by atoms with Crippen LogP contribution in [0.3, 0.4) is 0 Å². The molecule has 0 aliphatic heterocycles. The van der Waals surface area contributed by atoms with Gasteiger partial charge in [0.1, 0.15) is 17.9 Å². The normalized spacial score (nSPS) is 10.8. The molecule has 1 aromatic carbocycles. The van der Waals surface area contributed by atoms with Crippen LogP contribution in [0.5, 0.6) is 0 Å². The summed E-state index contributed by atoms with van der Waals surface area (Å²) in [5.74, 6) is 0.403. The van der Waals surface area contributed by atoms with Gasteiger partial charge < -0.3 is 4.74 Å². The summed E-state index contributed by atoms with van der Waals surface area (Å²) in [6.45, 7) is 2.23. The van der Waals surface area contributed by atoms with E-state index in [1.54, 1.807) is 17.7 Å². The Morgan fingerprint density at radius 2 is 2.05 bits per heavy atom. The lowest BCUT2D eigenvalue weighted by Gasteiger charge is -2.08. The van der Waals surface area contributed by atoms with Crippen molar-refractivity contribution >= 4 is 33.1 Å². The van der Waals surface area contributed by atoms with Crippen LogP contribution in [0.2, 0.25) is 0 Å². The highest BCUT2D eigenvalue weighted by Crippen LogP contribution is 2.25. The Kier molecular flexibility index (Phi) is 4.20. The van der Waals surface area contributed by atoms with Crippen LogP contribution in [0, 0.1) is 0 Å². The van der Waals surface area contributed by atoms with Gasteiger partial charge in [0.25, 0.3) is 0 Å². The average Bonchev–Trinajstić information content (AvgIpc) is 2.87. The van der Waals surface area contributed by atoms with Crippen molar-refractivity contribution in [1.82, 2.24) is 14.5 Å². The van der Waals surface area contributed by atoms with Crippen molar-refractivity contribution < 1.29 is 9.53 Å². The van der Waals surface area contributed by atoms with Gasteiger partial charge in [-0.05, 0) is 31.2 Å². The number of hydrogen-bond donors (Lipinski definition) is 0. The number of ether oxygens (including phenoxy) is 1. The number of rotatable bonds is 4. The number of hydrogen-bond acceptors (Lipinski definition) is 4. The Balaban J connectivity index is 2.11. The number of imidazole rings is 1. The zero-order valence-electron chi connectivity index (χ0n) is 12.0. The van der Waals surface area contributed by atoms with Crippen LogP contribution in [0.1, 0.15) is 6.92 Å². The Morgan fingerprint density at radius 3 is 2.77 bits per heavy atom. The first-order valence-electron chi connectivity index (χ1n) is 6.92. The molecule has 2 heterocycles. The van der Waals surface area contributed by atoms with Gasteiger partial charge in [0.2, 0.25) is 0 Å². The highest BCUT2D eigenvalue weighted by Gasteiger charge is 2.16. The molecule has 3 aromatic rings. The van der Waals surface area contributed by atoms with E-state index in [9.17, 15) is 4.79 Å². The maximum atomic E-state index is 11.9. The van der Waals surface area contributed by atoms with Gasteiger partial charge in [-0.3, -0.25) is 9.36 Å². The van der Waals surface area contributed by atoms with E-state index in [0.717, 1.165) is 15.6 Å². The Morgan fingerprint density at radius 1 is 1.27 bits per heavy atom. The molecule has 0 saturated carbocycles. The third-order valence-electron chi connectivity index (χ3n) is 3.20. The minimum Gasteiger partial charge on any atom is -0.465 e. The Bertz CT molecular complexity index is 812. The summed E-state index contributed by atoms with van der Waals surface area (Å²) < 4.78 is 7.83. The highest BCUT2D eigenvalue weighted by atomic mass is 79.9. The lowest BCUT2D eigenvalue weighted by molar-refractivity contribution is -0.143. The summed E-state index contributed by atoms with van der Waals surface area (Å²) in [5.41, 5.74) is 2.35. The maximum absolute atomic E-state index is 11.9. The molecule has 0 saturated heterocycles. The standard InChI is InChI=1S/C16H14BrN3O2/c1-2-22-14(21)10-20-15(11-5-7-12(17)8-6-11)19-13-4-3-9-18-16(13)20/h3-9H,2,10H2,1H3. The van der Waals surface area contributed by atoms with Crippen molar-refractivity contribution in [3.8, 4) is 11.4 Å². The number of fused-ring (bicyclic) bond motifs is 1. The minimum absolute atomic E-state index is 0.0900. The fraction of sp³-hybridized carbons (Fsp3) is 0.188. The van der Waals surface area contributed by atoms with Crippen molar-refractivity contribution in [1.29, 1.82) is 0 Å². The van der Waals surface area contributed by atoms with E-state index in [4.69, 9.17) is 4.74 Å². The number of esters is 1. The van der Waals surface area contributed by atoms with Gasteiger partial charge in [-0.1, -0.05) is 28.1 Å². The average molecular weight is 360 g/mol. The van der Waals surface area contributed by atoms with Gasteiger partial charge in [0.15, 0.2) is 5.65 Å². The lowest BCUT2D eigenvalue weighted by Crippen LogP contribution is -2.14. The van der Waals surface area contributed by atoms with Crippen molar-refractivity contribution in [3.63, 3.8) is 0 Å². The zero-order chi connectivity index (χ0) is 15.5. The van der Waals surface area contributed by atoms with Crippen LogP contribution in [0.4, 0.5) is 0 Å². The summed E-state index contributed by atoms with van der Waals surface area (Å²) in [6, 6.07) is 11.5. The van der Waals surface area contributed by atoms with E-state index in [2.05, 4.69) is 25.9 Å². The van der Waals surface area contributed by atoms with Gasteiger partial charge >= 0.3 is 5.97 Å². The van der Waals surface area contributed by atoms with Crippen molar-refractivity contribution in [2.75, 3.05) is 6.61 Å². The van der Waals surface area contributed by atoms with Crippen LogP contribution >= 0.6 is 15.9 Å². The second-order valence-corrected chi connectivity index (χ2v) is 5.60. The lowest BCUT2D eigenvalue weighted by atomic mass is 10.2. The monoisotopic (exact) mass is 359 g/mol. The third-order valence-corrected chi connectivity index (χ3v) is 3.73. The van der Waals surface area contributed by atoms with Crippen molar-refractivity contribution in [2.45, 2.75) is 13.5 Å². The van der Waals surface area contributed by atoms with Gasteiger partial charge in [-0.2, -0.15) is 0 Å². The summed E-state index contributed by atoms with van der Waals surface area (Å²) in [6.07, 6.45) is 1.69.